The van der Waals surface area contributed by atoms with Crippen molar-refractivity contribution in [2.75, 3.05) is 0 Å². The van der Waals surface area contributed by atoms with E-state index in [1.54, 1.807) is 6.21 Å². The number of benzene rings is 1. The number of aryl methyl sites for hydroxylation is 3. The van der Waals surface area contributed by atoms with Crippen molar-refractivity contribution >= 4 is 23.2 Å². The summed E-state index contributed by atoms with van der Waals surface area (Å²) in [5.74, 6) is 0.707. The van der Waals surface area contributed by atoms with Gasteiger partial charge in [-0.3, -0.25) is 4.79 Å². The Morgan fingerprint density at radius 3 is 2.63 bits per heavy atom. The first kappa shape index (κ1) is 18.9. The van der Waals surface area contributed by atoms with E-state index >= 15 is 0 Å². The molecule has 0 bridgehead atoms. The molecule has 0 atom stereocenters. The van der Waals surface area contributed by atoms with Gasteiger partial charge in [-0.2, -0.15) is 5.10 Å². The fraction of sp³-hybridized carbons (Fsp3) is 0.381. The number of hydrogen-bond acceptors (Lipinski definition) is 3. The van der Waals surface area contributed by atoms with Crippen molar-refractivity contribution in [3.63, 3.8) is 0 Å². The summed E-state index contributed by atoms with van der Waals surface area (Å²) >= 11 is 0. The van der Waals surface area contributed by atoms with Gasteiger partial charge < -0.3 is 9.13 Å². The second kappa shape index (κ2) is 7.39. The van der Waals surface area contributed by atoms with E-state index in [0.29, 0.717) is 11.6 Å². The third-order valence-corrected chi connectivity index (χ3v) is 4.93. The van der Waals surface area contributed by atoms with Crippen molar-refractivity contribution in [2.24, 2.45) is 5.10 Å². The average molecular weight is 365 g/mol. The monoisotopic (exact) mass is 365 g/mol. The van der Waals surface area contributed by atoms with E-state index in [1.165, 1.54) is 5.69 Å². The number of rotatable bonds is 5. The standard InChI is InChI=1S/C21H27N5O/c1-7-25-16(6)23-19-11-17(8-9-20(19)25)21(27)24-22-12-18-10-14(4)26(13(2)3)15(18)5/h8-13H,7H2,1-6H3,(H,24,27)/b22-12-. The average Bonchev–Trinajstić information content (AvgIpc) is 3.08. The number of amides is 1. The van der Waals surface area contributed by atoms with Crippen LogP contribution in [0.2, 0.25) is 0 Å². The van der Waals surface area contributed by atoms with Crippen LogP contribution in [0.5, 0.6) is 0 Å². The topological polar surface area (TPSA) is 64.2 Å². The predicted octanol–water partition coefficient (Wildman–Crippen LogP) is 4.13. The zero-order chi connectivity index (χ0) is 19.7. The van der Waals surface area contributed by atoms with Gasteiger partial charge in [-0.15, -0.1) is 0 Å². The molecule has 142 valence electrons. The SMILES string of the molecule is CCn1c(C)nc2cc(C(=O)N/N=C\c3cc(C)n(C(C)C)c3C)ccc21. The van der Waals surface area contributed by atoms with Crippen LogP contribution in [0, 0.1) is 20.8 Å². The molecule has 0 spiro atoms. The number of carbonyl (C=O) groups is 1. The quantitative estimate of drug-likeness (QED) is 0.546. The summed E-state index contributed by atoms with van der Waals surface area (Å²) in [5, 5.41) is 4.15. The Morgan fingerprint density at radius 2 is 2.00 bits per heavy atom. The molecule has 0 unspecified atom stereocenters. The first-order valence-electron chi connectivity index (χ1n) is 9.32. The highest BCUT2D eigenvalue weighted by Crippen LogP contribution is 2.19. The Balaban J connectivity index is 1.77. The normalized spacial score (nSPS) is 11.8. The van der Waals surface area contributed by atoms with Crippen LogP contribution in [0.25, 0.3) is 11.0 Å². The largest absolute Gasteiger partial charge is 0.346 e. The molecular weight excluding hydrogens is 338 g/mol. The molecule has 0 fully saturated rings. The van der Waals surface area contributed by atoms with Crippen molar-refractivity contribution in [3.05, 3.63) is 52.6 Å². The summed E-state index contributed by atoms with van der Waals surface area (Å²) in [5.41, 5.74) is 8.36. The lowest BCUT2D eigenvalue weighted by Crippen LogP contribution is -2.17. The number of hydrazone groups is 1. The lowest BCUT2D eigenvalue weighted by atomic mass is 10.2. The van der Waals surface area contributed by atoms with E-state index < -0.39 is 0 Å². The number of hydrogen-bond donors (Lipinski definition) is 1. The third kappa shape index (κ3) is 3.52. The van der Waals surface area contributed by atoms with E-state index in [2.05, 4.69) is 65.3 Å². The molecule has 1 amide bonds. The Bertz CT molecular complexity index is 1020. The maximum absolute atomic E-state index is 12.4. The zero-order valence-corrected chi connectivity index (χ0v) is 16.9. The van der Waals surface area contributed by atoms with Gasteiger partial charge in [0, 0.05) is 35.1 Å². The lowest BCUT2D eigenvalue weighted by Gasteiger charge is -2.13. The maximum atomic E-state index is 12.4. The van der Waals surface area contributed by atoms with Crippen molar-refractivity contribution in [3.8, 4) is 0 Å². The number of nitrogens with one attached hydrogen (secondary N) is 1. The second-order valence-corrected chi connectivity index (χ2v) is 7.10. The van der Waals surface area contributed by atoms with Crippen molar-refractivity contribution in [2.45, 2.75) is 54.1 Å². The van der Waals surface area contributed by atoms with Crippen LogP contribution >= 0.6 is 0 Å². The molecule has 1 aromatic carbocycles. The molecule has 0 radical (unpaired) electrons. The number of carbonyl (C=O) groups excluding carboxylic acids is 1. The van der Waals surface area contributed by atoms with Gasteiger partial charge in [0.1, 0.15) is 5.82 Å². The summed E-state index contributed by atoms with van der Waals surface area (Å²) in [6.07, 6.45) is 1.70. The molecule has 0 saturated carbocycles. The number of fused-ring (bicyclic) bond motifs is 1. The number of imidazole rings is 1. The molecule has 2 aromatic heterocycles. The summed E-state index contributed by atoms with van der Waals surface area (Å²) in [7, 11) is 0. The van der Waals surface area contributed by atoms with Crippen LogP contribution in [0.1, 0.15) is 59.9 Å². The Hall–Kier alpha value is -2.89. The van der Waals surface area contributed by atoms with Gasteiger partial charge in [-0.05, 0) is 65.8 Å². The molecule has 2 heterocycles. The van der Waals surface area contributed by atoms with Crippen LogP contribution in [-0.2, 0) is 6.54 Å². The molecule has 6 heteroatoms. The predicted molar refractivity (Wildman–Crippen MR) is 109 cm³/mol. The summed E-state index contributed by atoms with van der Waals surface area (Å²) in [6, 6.07) is 8.03. The minimum atomic E-state index is -0.241. The molecule has 3 aromatic rings. The Kier molecular flexibility index (Phi) is 5.17. The first-order chi connectivity index (χ1) is 12.8. The smallest absolute Gasteiger partial charge is 0.271 e. The van der Waals surface area contributed by atoms with Gasteiger partial charge in [0.25, 0.3) is 5.91 Å². The first-order valence-corrected chi connectivity index (χ1v) is 9.32. The van der Waals surface area contributed by atoms with E-state index in [9.17, 15) is 4.79 Å². The maximum Gasteiger partial charge on any atom is 0.271 e. The van der Waals surface area contributed by atoms with Gasteiger partial charge in [0.05, 0.1) is 17.2 Å². The van der Waals surface area contributed by atoms with Gasteiger partial charge in [-0.25, -0.2) is 10.4 Å². The van der Waals surface area contributed by atoms with E-state index in [-0.39, 0.29) is 5.91 Å². The molecule has 1 N–H and O–H groups in total. The number of aromatic nitrogens is 3. The van der Waals surface area contributed by atoms with Crippen LogP contribution in [0.3, 0.4) is 0 Å². The highest BCUT2D eigenvalue weighted by molar-refractivity contribution is 5.98. The Labute approximate surface area is 159 Å². The third-order valence-electron chi connectivity index (χ3n) is 4.93. The summed E-state index contributed by atoms with van der Waals surface area (Å²) < 4.78 is 4.38. The molecule has 0 aliphatic rings. The molecule has 0 saturated heterocycles. The zero-order valence-electron chi connectivity index (χ0n) is 16.9. The molecule has 27 heavy (non-hydrogen) atoms. The molecule has 0 aliphatic heterocycles. The fourth-order valence-electron chi connectivity index (χ4n) is 3.74. The van der Waals surface area contributed by atoms with Crippen LogP contribution < -0.4 is 5.43 Å². The van der Waals surface area contributed by atoms with Crippen LogP contribution in [-0.4, -0.2) is 26.2 Å². The molecule has 3 rings (SSSR count). The van der Waals surface area contributed by atoms with Crippen LogP contribution in [0.15, 0.2) is 29.4 Å². The van der Waals surface area contributed by atoms with E-state index in [0.717, 1.165) is 34.7 Å². The van der Waals surface area contributed by atoms with E-state index in [1.807, 2.05) is 25.1 Å². The fourth-order valence-corrected chi connectivity index (χ4v) is 3.74. The van der Waals surface area contributed by atoms with Crippen LogP contribution in [0.4, 0.5) is 0 Å². The second-order valence-electron chi connectivity index (χ2n) is 7.10. The molecule has 6 nitrogen and oxygen atoms in total. The van der Waals surface area contributed by atoms with Crippen molar-refractivity contribution < 1.29 is 4.79 Å². The van der Waals surface area contributed by atoms with Crippen molar-refractivity contribution in [1.82, 2.24) is 19.5 Å². The Morgan fingerprint density at radius 1 is 1.26 bits per heavy atom. The molecular formula is C21H27N5O. The highest BCUT2D eigenvalue weighted by atomic mass is 16.2. The van der Waals surface area contributed by atoms with Crippen molar-refractivity contribution in [1.29, 1.82) is 0 Å². The van der Waals surface area contributed by atoms with Gasteiger partial charge in [0.15, 0.2) is 0 Å². The lowest BCUT2D eigenvalue weighted by molar-refractivity contribution is 0.0955. The minimum Gasteiger partial charge on any atom is -0.346 e. The summed E-state index contributed by atoms with van der Waals surface area (Å²) in [6.45, 7) is 13.4. The van der Waals surface area contributed by atoms with Gasteiger partial charge in [0.2, 0.25) is 0 Å². The minimum absolute atomic E-state index is 0.241. The highest BCUT2D eigenvalue weighted by Gasteiger charge is 2.12. The van der Waals surface area contributed by atoms with Gasteiger partial charge in [-0.1, -0.05) is 0 Å². The number of nitrogens with zero attached hydrogens (tertiary/aromatic N) is 4. The van der Waals surface area contributed by atoms with E-state index in [4.69, 9.17) is 0 Å². The van der Waals surface area contributed by atoms with Gasteiger partial charge >= 0.3 is 0 Å². The summed E-state index contributed by atoms with van der Waals surface area (Å²) in [4.78, 5) is 17.0. The molecule has 0 aliphatic carbocycles.